The van der Waals surface area contributed by atoms with Crippen molar-refractivity contribution in [1.29, 1.82) is 0 Å². The topological polar surface area (TPSA) is 88.5 Å². The molecule has 176 valence electrons. The van der Waals surface area contributed by atoms with E-state index in [9.17, 15) is 18.0 Å². The van der Waals surface area contributed by atoms with Crippen LogP contribution in [-0.2, 0) is 21.4 Å². The van der Waals surface area contributed by atoms with E-state index in [1.807, 2.05) is 39.0 Å². The van der Waals surface area contributed by atoms with Gasteiger partial charge >= 0.3 is 4.87 Å². The molecule has 0 spiro atoms. The van der Waals surface area contributed by atoms with Crippen molar-refractivity contribution >= 4 is 43.2 Å². The molecule has 1 saturated heterocycles. The normalized spacial score (nSPS) is 15.7. The van der Waals surface area contributed by atoms with Crippen molar-refractivity contribution in [1.82, 2.24) is 8.87 Å². The molecule has 1 aromatic heterocycles. The van der Waals surface area contributed by atoms with E-state index in [2.05, 4.69) is 5.32 Å². The van der Waals surface area contributed by atoms with Gasteiger partial charge in [-0.1, -0.05) is 30.4 Å². The largest absolute Gasteiger partial charge is 0.326 e. The average Bonchev–Trinajstić information content (AvgIpc) is 3.11. The molecule has 4 rings (SSSR count). The molecular weight excluding hydrogens is 458 g/mol. The number of nitrogens with zero attached hydrogens (tertiary/aromatic N) is 2. The van der Waals surface area contributed by atoms with Crippen LogP contribution in [0.5, 0.6) is 0 Å². The molecule has 2 heterocycles. The zero-order valence-corrected chi connectivity index (χ0v) is 20.8. The second-order valence-corrected chi connectivity index (χ2v) is 11.6. The van der Waals surface area contributed by atoms with Gasteiger partial charge in [0.05, 0.1) is 15.1 Å². The first-order valence-electron chi connectivity index (χ1n) is 11.2. The van der Waals surface area contributed by atoms with Gasteiger partial charge in [-0.25, -0.2) is 8.42 Å². The fourth-order valence-electron chi connectivity index (χ4n) is 4.26. The zero-order chi connectivity index (χ0) is 23.8. The Morgan fingerprint density at radius 2 is 1.85 bits per heavy atom. The molecule has 0 saturated carbocycles. The van der Waals surface area contributed by atoms with E-state index in [1.165, 1.54) is 4.31 Å². The first-order valence-corrected chi connectivity index (χ1v) is 13.5. The third kappa shape index (κ3) is 4.76. The fraction of sp³-hybridized carbons (Fsp3) is 0.417. The van der Waals surface area contributed by atoms with Crippen LogP contribution in [0.25, 0.3) is 10.2 Å². The Morgan fingerprint density at radius 1 is 1.12 bits per heavy atom. The number of piperidine rings is 1. The van der Waals surface area contributed by atoms with Crippen molar-refractivity contribution in [2.45, 2.75) is 51.5 Å². The van der Waals surface area contributed by atoms with Crippen LogP contribution in [0, 0.1) is 19.8 Å². The number of thiazole rings is 1. The van der Waals surface area contributed by atoms with Gasteiger partial charge in [0.25, 0.3) is 0 Å². The van der Waals surface area contributed by atoms with Crippen LogP contribution in [0.15, 0.2) is 46.1 Å². The molecule has 0 bridgehead atoms. The van der Waals surface area contributed by atoms with Crippen molar-refractivity contribution in [2.24, 2.45) is 5.92 Å². The minimum Gasteiger partial charge on any atom is -0.326 e. The van der Waals surface area contributed by atoms with Crippen molar-refractivity contribution in [3.63, 3.8) is 0 Å². The number of nitrogens with one attached hydrogen (secondary N) is 1. The summed E-state index contributed by atoms with van der Waals surface area (Å²) in [4.78, 5) is 25.1. The van der Waals surface area contributed by atoms with Gasteiger partial charge in [0.1, 0.15) is 0 Å². The number of aromatic nitrogens is 1. The molecule has 0 aliphatic carbocycles. The maximum Gasteiger partial charge on any atom is 0.308 e. The van der Waals surface area contributed by atoms with Gasteiger partial charge in [-0.05, 0) is 68.5 Å². The standard InChI is InChI=1S/C24H29N3O4S2/c1-4-11-27-21-8-7-19(15-22(21)32-24(27)29)33(30,31)26-12-9-18(10-13-26)23(28)25-20-14-16(2)5-6-17(20)3/h5-8,14-15,18H,4,9-13H2,1-3H3,(H,25,28). The van der Waals surface area contributed by atoms with Crippen LogP contribution in [0.2, 0.25) is 0 Å². The third-order valence-corrected chi connectivity index (χ3v) is 9.04. The molecule has 1 N–H and O–H groups in total. The first-order chi connectivity index (χ1) is 15.7. The summed E-state index contributed by atoms with van der Waals surface area (Å²) in [7, 11) is -3.69. The number of anilines is 1. The molecule has 0 radical (unpaired) electrons. The van der Waals surface area contributed by atoms with E-state index in [0.29, 0.717) is 37.2 Å². The predicted molar refractivity (Wildman–Crippen MR) is 132 cm³/mol. The number of carbonyl (C=O) groups excluding carboxylic acids is 1. The summed E-state index contributed by atoms with van der Waals surface area (Å²) in [5, 5.41) is 3.01. The number of fused-ring (bicyclic) bond motifs is 1. The Balaban J connectivity index is 1.46. The number of carbonyl (C=O) groups is 1. The summed E-state index contributed by atoms with van der Waals surface area (Å²) in [6.45, 7) is 7.13. The number of hydrogen-bond acceptors (Lipinski definition) is 5. The summed E-state index contributed by atoms with van der Waals surface area (Å²) >= 11 is 1.07. The van der Waals surface area contributed by atoms with Crippen LogP contribution in [0.1, 0.15) is 37.3 Å². The Labute approximate surface area is 198 Å². The lowest BCUT2D eigenvalue weighted by molar-refractivity contribution is -0.120. The molecule has 1 fully saturated rings. The van der Waals surface area contributed by atoms with Crippen molar-refractivity contribution in [3.8, 4) is 0 Å². The summed E-state index contributed by atoms with van der Waals surface area (Å²) in [5.74, 6) is -0.295. The molecule has 0 unspecified atom stereocenters. The summed E-state index contributed by atoms with van der Waals surface area (Å²) < 4.78 is 30.3. The number of sulfonamides is 1. The van der Waals surface area contributed by atoms with Crippen molar-refractivity contribution < 1.29 is 13.2 Å². The van der Waals surface area contributed by atoms with E-state index in [1.54, 1.807) is 22.8 Å². The monoisotopic (exact) mass is 487 g/mol. The number of aryl methyl sites for hydroxylation is 3. The second kappa shape index (κ2) is 9.40. The molecule has 1 aliphatic rings. The maximum atomic E-state index is 13.2. The lowest BCUT2D eigenvalue weighted by Crippen LogP contribution is -2.41. The van der Waals surface area contributed by atoms with Gasteiger partial charge in [0, 0.05) is 31.2 Å². The van der Waals surface area contributed by atoms with Crippen LogP contribution < -0.4 is 10.2 Å². The summed E-state index contributed by atoms with van der Waals surface area (Å²) in [6, 6.07) is 10.8. The highest BCUT2D eigenvalue weighted by Crippen LogP contribution is 2.28. The first kappa shape index (κ1) is 23.7. The van der Waals surface area contributed by atoms with E-state index in [-0.39, 0.29) is 21.6 Å². The second-order valence-electron chi connectivity index (χ2n) is 8.64. The summed E-state index contributed by atoms with van der Waals surface area (Å²) in [5.41, 5.74) is 3.65. The molecule has 0 atom stereocenters. The van der Waals surface area contributed by atoms with Gasteiger partial charge < -0.3 is 5.32 Å². The highest BCUT2D eigenvalue weighted by molar-refractivity contribution is 7.89. The molecule has 1 amide bonds. The Kier molecular flexibility index (Phi) is 6.74. The van der Waals surface area contributed by atoms with Gasteiger partial charge in [-0.15, -0.1) is 0 Å². The van der Waals surface area contributed by atoms with Crippen LogP contribution in [-0.4, -0.2) is 36.3 Å². The SMILES string of the molecule is CCCn1c(=O)sc2cc(S(=O)(=O)N3CCC(C(=O)Nc4cc(C)ccc4C)CC3)ccc21. The van der Waals surface area contributed by atoms with E-state index in [4.69, 9.17) is 0 Å². The molecule has 7 nitrogen and oxygen atoms in total. The van der Waals surface area contributed by atoms with E-state index in [0.717, 1.165) is 40.1 Å². The number of benzene rings is 2. The lowest BCUT2D eigenvalue weighted by atomic mass is 9.97. The Morgan fingerprint density at radius 3 is 2.55 bits per heavy atom. The highest BCUT2D eigenvalue weighted by atomic mass is 32.2. The van der Waals surface area contributed by atoms with Crippen molar-refractivity contribution in [2.75, 3.05) is 18.4 Å². The van der Waals surface area contributed by atoms with Crippen LogP contribution in [0.4, 0.5) is 5.69 Å². The quantitative estimate of drug-likeness (QED) is 0.566. The number of amides is 1. The highest BCUT2D eigenvalue weighted by Gasteiger charge is 2.32. The van der Waals surface area contributed by atoms with Crippen molar-refractivity contribution in [3.05, 3.63) is 57.2 Å². The predicted octanol–water partition coefficient (Wildman–Crippen LogP) is 4.13. The Hall–Kier alpha value is -2.49. The fourth-order valence-corrected chi connectivity index (χ4v) is 6.78. The van der Waals surface area contributed by atoms with Gasteiger partial charge in [0.2, 0.25) is 15.9 Å². The minimum absolute atomic E-state index is 0.0655. The molecular formula is C24H29N3O4S2. The maximum absolute atomic E-state index is 13.2. The number of rotatable bonds is 6. The van der Waals surface area contributed by atoms with Crippen LogP contribution >= 0.6 is 11.3 Å². The smallest absolute Gasteiger partial charge is 0.308 e. The molecule has 1 aliphatic heterocycles. The Bertz CT molecular complexity index is 1350. The minimum atomic E-state index is -3.69. The molecule has 2 aromatic carbocycles. The molecule has 33 heavy (non-hydrogen) atoms. The lowest BCUT2D eigenvalue weighted by Gasteiger charge is -2.30. The zero-order valence-electron chi connectivity index (χ0n) is 19.1. The van der Waals surface area contributed by atoms with Gasteiger partial charge in [0.15, 0.2) is 0 Å². The molecule has 3 aromatic rings. The van der Waals surface area contributed by atoms with Crippen LogP contribution in [0.3, 0.4) is 0 Å². The van der Waals surface area contributed by atoms with E-state index < -0.39 is 10.0 Å². The third-order valence-electron chi connectivity index (χ3n) is 6.20. The molecule has 9 heteroatoms. The number of hydrogen-bond donors (Lipinski definition) is 1. The summed E-state index contributed by atoms with van der Waals surface area (Å²) in [6.07, 6.45) is 1.77. The van der Waals surface area contributed by atoms with Gasteiger partial charge in [-0.2, -0.15) is 4.31 Å². The van der Waals surface area contributed by atoms with Gasteiger partial charge in [-0.3, -0.25) is 14.2 Å². The van der Waals surface area contributed by atoms with E-state index >= 15 is 0 Å². The average molecular weight is 488 g/mol.